The Labute approximate surface area is 221 Å². The Morgan fingerprint density at radius 3 is 2.51 bits per heavy atom. The molecular formula is C26H35ClN4O6. The van der Waals surface area contributed by atoms with Crippen LogP contribution in [0, 0.1) is 11.3 Å². The lowest BCUT2D eigenvalue weighted by molar-refractivity contribution is -0.146. The van der Waals surface area contributed by atoms with Crippen molar-refractivity contribution in [3.63, 3.8) is 0 Å². The van der Waals surface area contributed by atoms with Crippen LogP contribution in [0.5, 0.6) is 5.75 Å². The summed E-state index contributed by atoms with van der Waals surface area (Å²) in [5, 5.41) is 9.26. The van der Waals surface area contributed by atoms with Gasteiger partial charge in [0.2, 0.25) is 11.8 Å². The number of piperidine rings is 1. The van der Waals surface area contributed by atoms with E-state index in [0.717, 1.165) is 6.42 Å². The van der Waals surface area contributed by atoms with E-state index >= 15 is 0 Å². The van der Waals surface area contributed by atoms with Crippen molar-refractivity contribution in [3.8, 4) is 5.75 Å². The SMILES string of the molecule is COC(=O)[C@H](C[C@@H]1CCCNC1=O)NC(=O)[C@H](CC(C)(C)C)NC(=O)c1cc2c(Cl)c(OC)ccc2[nH]1. The van der Waals surface area contributed by atoms with Crippen molar-refractivity contribution >= 4 is 46.2 Å². The highest BCUT2D eigenvalue weighted by Crippen LogP contribution is 2.33. The number of methoxy groups -OCH3 is 2. The minimum atomic E-state index is -1.02. The van der Waals surface area contributed by atoms with E-state index in [9.17, 15) is 19.2 Å². The van der Waals surface area contributed by atoms with Crippen LogP contribution in [-0.2, 0) is 19.1 Å². The minimum Gasteiger partial charge on any atom is -0.495 e. The summed E-state index contributed by atoms with van der Waals surface area (Å²) in [5.41, 5.74) is 0.542. The zero-order chi connectivity index (χ0) is 27.3. The van der Waals surface area contributed by atoms with Gasteiger partial charge in [-0.25, -0.2) is 4.79 Å². The number of fused-ring (bicyclic) bond motifs is 1. The van der Waals surface area contributed by atoms with E-state index in [4.69, 9.17) is 21.1 Å². The largest absolute Gasteiger partial charge is 0.495 e. The molecule has 11 heteroatoms. The number of carbonyl (C=O) groups excluding carboxylic acids is 4. The van der Waals surface area contributed by atoms with Crippen molar-refractivity contribution in [1.29, 1.82) is 0 Å². The van der Waals surface area contributed by atoms with Crippen molar-refractivity contribution in [2.45, 2.75) is 58.5 Å². The fraction of sp³-hybridized carbons (Fsp3) is 0.538. The highest BCUT2D eigenvalue weighted by molar-refractivity contribution is 6.37. The van der Waals surface area contributed by atoms with Gasteiger partial charge in [0.05, 0.1) is 19.2 Å². The van der Waals surface area contributed by atoms with E-state index in [1.807, 2.05) is 20.8 Å². The molecule has 0 unspecified atom stereocenters. The molecule has 3 amide bonds. The first kappa shape index (κ1) is 28.3. The average Bonchev–Trinajstić information content (AvgIpc) is 3.29. The van der Waals surface area contributed by atoms with Gasteiger partial charge in [-0.05, 0) is 49.3 Å². The van der Waals surface area contributed by atoms with Gasteiger partial charge in [-0.3, -0.25) is 14.4 Å². The monoisotopic (exact) mass is 534 g/mol. The van der Waals surface area contributed by atoms with Crippen LogP contribution in [0.1, 0.15) is 56.9 Å². The van der Waals surface area contributed by atoms with Crippen molar-refractivity contribution < 1.29 is 28.7 Å². The molecule has 0 saturated carbocycles. The lowest BCUT2D eigenvalue weighted by Gasteiger charge is -2.29. The maximum absolute atomic E-state index is 13.4. The predicted molar refractivity (Wildman–Crippen MR) is 139 cm³/mol. The molecule has 2 aromatic rings. The molecule has 4 N–H and O–H groups in total. The van der Waals surface area contributed by atoms with Crippen LogP contribution < -0.4 is 20.7 Å². The molecule has 2 heterocycles. The number of benzene rings is 1. The maximum Gasteiger partial charge on any atom is 0.328 e. The zero-order valence-electron chi connectivity index (χ0n) is 21.8. The maximum atomic E-state index is 13.4. The summed E-state index contributed by atoms with van der Waals surface area (Å²) in [7, 11) is 2.73. The summed E-state index contributed by atoms with van der Waals surface area (Å²) in [6.45, 7) is 6.42. The average molecular weight is 535 g/mol. The molecule has 1 saturated heterocycles. The van der Waals surface area contributed by atoms with Crippen molar-refractivity contribution in [2.24, 2.45) is 11.3 Å². The fourth-order valence-electron chi connectivity index (χ4n) is 4.46. The van der Waals surface area contributed by atoms with E-state index in [-0.39, 0.29) is 23.4 Å². The molecule has 37 heavy (non-hydrogen) atoms. The quantitative estimate of drug-likeness (QED) is 0.365. The molecule has 0 radical (unpaired) electrons. The zero-order valence-corrected chi connectivity index (χ0v) is 22.6. The highest BCUT2D eigenvalue weighted by Gasteiger charge is 2.34. The Balaban J connectivity index is 1.80. The highest BCUT2D eigenvalue weighted by atomic mass is 35.5. The molecule has 10 nitrogen and oxygen atoms in total. The van der Waals surface area contributed by atoms with Gasteiger partial charge in [-0.1, -0.05) is 32.4 Å². The fourth-order valence-corrected chi connectivity index (χ4v) is 4.76. The van der Waals surface area contributed by atoms with E-state index in [0.29, 0.717) is 41.1 Å². The lowest BCUT2D eigenvalue weighted by Crippen LogP contribution is -2.54. The molecule has 0 aliphatic carbocycles. The van der Waals surface area contributed by atoms with Gasteiger partial charge < -0.3 is 30.4 Å². The number of H-pyrrole nitrogens is 1. The van der Waals surface area contributed by atoms with Crippen molar-refractivity contribution in [3.05, 3.63) is 28.9 Å². The number of hydrogen-bond acceptors (Lipinski definition) is 6. The van der Waals surface area contributed by atoms with Crippen LogP contribution in [0.3, 0.4) is 0 Å². The standard InChI is InChI=1S/C26H35ClN4O6/c1-26(2,3)13-19(24(34)30-18(25(35)37-5)11-14-7-6-10-28-22(14)32)31-23(33)17-12-15-16(29-17)8-9-20(36-4)21(15)27/h8-9,12,14,18-19,29H,6-7,10-11,13H2,1-5H3,(H,28,32)(H,30,34)(H,31,33)/t14-,18-,19-/m0/s1. The normalized spacial score (nSPS) is 17.5. The Morgan fingerprint density at radius 2 is 1.89 bits per heavy atom. The Bertz CT molecular complexity index is 1170. The van der Waals surface area contributed by atoms with Gasteiger partial charge in [0.25, 0.3) is 5.91 Å². The second-order valence-corrected chi connectivity index (χ2v) is 10.8. The molecule has 3 rings (SSSR count). The van der Waals surface area contributed by atoms with Gasteiger partial charge in [0.1, 0.15) is 23.5 Å². The smallest absolute Gasteiger partial charge is 0.328 e. The molecule has 0 spiro atoms. The van der Waals surface area contributed by atoms with Crippen LogP contribution in [0.25, 0.3) is 10.9 Å². The first-order valence-electron chi connectivity index (χ1n) is 12.3. The van der Waals surface area contributed by atoms with Crippen LogP contribution >= 0.6 is 11.6 Å². The molecule has 202 valence electrons. The van der Waals surface area contributed by atoms with E-state index < -0.39 is 35.8 Å². The van der Waals surface area contributed by atoms with E-state index in [2.05, 4.69) is 20.9 Å². The summed E-state index contributed by atoms with van der Waals surface area (Å²) in [6, 6.07) is 3.07. The Kier molecular flexibility index (Phi) is 9.07. The van der Waals surface area contributed by atoms with Gasteiger partial charge in [-0.2, -0.15) is 0 Å². The number of carbonyl (C=O) groups is 4. The third-order valence-electron chi connectivity index (χ3n) is 6.33. The molecule has 3 atom stereocenters. The van der Waals surface area contributed by atoms with Gasteiger partial charge >= 0.3 is 5.97 Å². The number of nitrogens with one attached hydrogen (secondary N) is 4. The second-order valence-electron chi connectivity index (χ2n) is 10.5. The summed E-state index contributed by atoms with van der Waals surface area (Å²) in [6.07, 6.45) is 1.83. The van der Waals surface area contributed by atoms with Crippen molar-refractivity contribution in [2.75, 3.05) is 20.8 Å². The first-order valence-corrected chi connectivity index (χ1v) is 12.6. The molecule has 1 fully saturated rings. The van der Waals surface area contributed by atoms with Crippen LogP contribution in [0.15, 0.2) is 18.2 Å². The number of aromatic amines is 1. The Morgan fingerprint density at radius 1 is 1.16 bits per heavy atom. The van der Waals surface area contributed by atoms with Gasteiger partial charge in [-0.15, -0.1) is 0 Å². The predicted octanol–water partition coefficient (Wildman–Crippen LogP) is 2.94. The second kappa shape index (κ2) is 11.9. The molecule has 0 bridgehead atoms. The van der Waals surface area contributed by atoms with Crippen LogP contribution in [0.2, 0.25) is 5.02 Å². The number of amides is 3. The topological polar surface area (TPSA) is 139 Å². The van der Waals surface area contributed by atoms with Gasteiger partial charge in [0.15, 0.2) is 0 Å². The Hall–Kier alpha value is -3.27. The number of rotatable bonds is 9. The van der Waals surface area contributed by atoms with Gasteiger partial charge in [0, 0.05) is 23.4 Å². The first-order chi connectivity index (χ1) is 17.4. The molecular weight excluding hydrogens is 500 g/mol. The third kappa shape index (κ3) is 7.15. The summed E-state index contributed by atoms with van der Waals surface area (Å²) < 4.78 is 10.1. The summed E-state index contributed by atoms with van der Waals surface area (Å²) >= 11 is 6.38. The molecule has 1 aromatic carbocycles. The third-order valence-corrected chi connectivity index (χ3v) is 6.72. The van der Waals surface area contributed by atoms with E-state index in [1.165, 1.54) is 14.2 Å². The van der Waals surface area contributed by atoms with Crippen LogP contribution in [0.4, 0.5) is 0 Å². The number of hydrogen-bond donors (Lipinski definition) is 4. The van der Waals surface area contributed by atoms with Crippen molar-refractivity contribution in [1.82, 2.24) is 20.9 Å². The number of halogens is 1. The van der Waals surface area contributed by atoms with E-state index in [1.54, 1.807) is 18.2 Å². The van der Waals surface area contributed by atoms with Crippen LogP contribution in [-0.4, -0.2) is 61.5 Å². The number of aromatic nitrogens is 1. The molecule has 1 aliphatic heterocycles. The minimum absolute atomic E-state index is 0.114. The summed E-state index contributed by atoms with van der Waals surface area (Å²) in [5.74, 6) is -1.77. The molecule has 1 aliphatic rings. The summed E-state index contributed by atoms with van der Waals surface area (Å²) in [4.78, 5) is 54.3. The number of esters is 1. The molecule has 1 aromatic heterocycles. The lowest BCUT2D eigenvalue weighted by atomic mass is 9.87. The number of ether oxygens (including phenoxy) is 2.